The molecule has 1 aromatic carbocycles. The molecule has 0 fully saturated rings. The molecule has 0 unspecified atom stereocenters. The fourth-order valence-electron chi connectivity index (χ4n) is 3.45. The number of aryl methyl sites for hydroxylation is 1. The second-order valence-electron chi connectivity index (χ2n) is 6.93. The summed E-state index contributed by atoms with van der Waals surface area (Å²) in [4.78, 5) is 30.0. The first-order chi connectivity index (χ1) is 14.1. The summed E-state index contributed by atoms with van der Waals surface area (Å²) in [6.07, 6.45) is 3.58. The quantitative estimate of drug-likeness (QED) is 0.552. The lowest BCUT2D eigenvalue weighted by atomic mass is 10.2. The molecular weight excluding hydrogens is 436 g/mol. The van der Waals surface area contributed by atoms with E-state index in [2.05, 4.69) is 43.4 Å². The van der Waals surface area contributed by atoms with Gasteiger partial charge in [0.2, 0.25) is 5.78 Å². The minimum Gasteiger partial charge on any atom is -0.345 e. The Balaban J connectivity index is 1.69. The first-order valence-electron chi connectivity index (χ1n) is 9.66. The Kier molecular flexibility index (Phi) is 5.57. The van der Waals surface area contributed by atoms with Crippen molar-refractivity contribution in [2.75, 3.05) is 0 Å². The van der Waals surface area contributed by atoms with E-state index in [0.717, 1.165) is 23.9 Å². The van der Waals surface area contributed by atoms with E-state index < -0.39 is 0 Å². The van der Waals surface area contributed by atoms with Crippen molar-refractivity contribution in [3.05, 3.63) is 57.6 Å². The lowest BCUT2D eigenvalue weighted by Gasteiger charge is -2.12. The van der Waals surface area contributed by atoms with Gasteiger partial charge in [-0.1, -0.05) is 38.0 Å². The van der Waals surface area contributed by atoms with Crippen molar-refractivity contribution >= 4 is 38.1 Å². The summed E-state index contributed by atoms with van der Waals surface area (Å²) < 4.78 is 4.18. The molecule has 0 radical (unpaired) electrons. The number of aromatic nitrogens is 4. The topological polar surface area (TPSA) is 93.7 Å². The van der Waals surface area contributed by atoms with Gasteiger partial charge in [0.25, 0.3) is 11.5 Å². The molecule has 0 spiro atoms. The van der Waals surface area contributed by atoms with E-state index in [1.807, 2.05) is 10.6 Å². The average Bonchev–Trinajstić information content (AvgIpc) is 3.33. The largest absolute Gasteiger partial charge is 0.345 e. The van der Waals surface area contributed by atoms with Crippen LogP contribution in [0.1, 0.15) is 47.9 Å². The molecule has 1 amide bonds. The van der Waals surface area contributed by atoms with Crippen molar-refractivity contribution in [3.63, 3.8) is 0 Å². The van der Waals surface area contributed by atoms with Crippen LogP contribution in [0.2, 0.25) is 0 Å². The van der Waals surface area contributed by atoms with E-state index >= 15 is 0 Å². The SMILES string of the molecule is CCCCCn1c2c(c(=O)n3c(CNC(=O)c4ccccc4)nnc13)CC(Br)=N2. The Morgan fingerprint density at radius 1 is 1.21 bits per heavy atom. The first kappa shape index (κ1) is 19.5. The number of hydrogen-bond donors (Lipinski definition) is 1. The highest BCUT2D eigenvalue weighted by atomic mass is 79.9. The molecule has 3 heterocycles. The maximum atomic E-state index is 13.1. The maximum Gasteiger partial charge on any atom is 0.266 e. The van der Waals surface area contributed by atoms with Crippen molar-refractivity contribution in [2.45, 2.75) is 45.7 Å². The van der Waals surface area contributed by atoms with Crippen LogP contribution in [0.5, 0.6) is 0 Å². The predicted octanol–water partition coefficient (Wildman–Crippen LogP) is 2.99. The van der Waals surface area contributed by atoms with E-state index in [9.17, 15) is 9.59 Å². The van der Waals surface area contributed by atoms with Crippen molar-refractivity contribution in [1.82, 2.24) is 24.5 Å². The smallest absolute Gasteiger partial charge is 0.266 e. The van der Waals surface area contributed by atoms with Gasteiger partial charge in [0.15, 0.2) is 5.82 Å². The van der Waals surface area contributed by atoms with Gasteiger partial charge in [-0.3, -0.25) is 14.2 Å². The van der Waals surface area contributed by atoms with E-state index in [0.29, 0.717) is 41.5 Å². The number of nitrogens with one attached hydrogen (secondary N) is 1. The summed E-state index contributed by atoms with van der Waals surface area (Å²) in [7, 11) is 0. The summed E-state index contributed by atoms with van der Waals surface area (Å²) in [5, 5.41) is 11.3. The van der Waals surface area contributed by atoms with Crippen LogP contribution in [-0.4, -0.2) is 29.7 Å². The third-order valence-corrected chi connectivity index (χ3v) is 5.38. The van der Waals surface area contributed by atoms with Crippen LogP contribution in [0.3, 0.4) is 0 Å². The van der Waals surface area contributed by atoms with Crippen LogP contribution in [0, 0.1) is 0 Å². The normalized spacial score (nSPS) is 12.8. The number of amides is 1. The number of aliphatic imine (C=N–C) groups is 1. The van der Waals surface area contributed by atoms with Crippen molar-refractivity contribution < 1.29 is 4.79 Å². The summed E-state index contributed by atoms with van der Waals surface area (Å²) in [5.41, 5.74) is 0.988. The molecule has 8 nitrogen and oxygen atoms in total. The van der Waals surface area contributed by atoms with Crippen molar-refractivity contribution in [2.24, 2.45) is 4.99 Å². The van der Waals surface area contributed by atoms with Crippen LogP contribution in [-0.2, 0) is 19.5 Å². The second-order valence-corrected chi connectivity index (χ2v) is 7.85. The average molecular weight is 457 g/mol. The van der Waals surface area contributed by atoms with Crippen LogP contribution in [0.4, 0.5) is 5.82 Å². The first-order valence-corrected chi connectivity index (χ1v) is 10.5. The molecule has 9 heteroatoms. The molecule has 150 valence electrons. The third-order valence-electron chi connectivity index (χ3n) is 4.92. The minimum absolute atomic E-state index is 0.111. The van der Waals surface area contributed by atoms with Crippen LogP contribution in [0.15, 0.2) is 40.1 Å². The van der Waals surface area contributed by atoms with Gasteiger partial charge in [-0.25, -0.2) is 9.39 Å². The number of hydrogen-bond acceptors (Lipinski definition) is 5. The van der Waals surface area contributed by atoms with Gasteiger partial charge < -0.3 is 5.32 Å². The number of nitrogens with zero attached hydrogens (tertiary/aromatic N) is 5. The molecule has 0 saturated heterocycles. The zero-order valence-electron chi connectivity index (χ0n) is 16.1. The Hall–Kier alpha value is -2.81. The molecule has 0 saturated carbocycles. The summed E-state index contributed by atoms with van der Waals surface area (Å²) in [5.74, 6) is 1.29. The van der Waals surface area contributed by atoms with Crippen molar-refractivity contribution in [1.29, 1.82) is 0 Å². The van der Waals surface area contributed by atoms with E-state index in [-0.39, 0.29) is 18.0 Å². The number of rotatable bonds is 7. The van der Waals surface area contributed by atoms with E-state index in [4.69, 9.17) is 0 Å². The molecule has 29 heavy (non-hydrogen) atoms. The van der Waals surface area contributed by atoms with Gasteiger partial charge in [0.05, 0.1) is 16.7 Å². The fourth-order valence-corrected chi connectivity index (χ4v) is 3.90. The van der Waals surface area contributed by atoms with Gasteiger partial charge in [-0.05, 0) is 34.5 Å². The highest BCUT2D eigenvalue weighted by Gasteiger charge is 2.25. The Morgan fingerprint density at radius 2 is 2.00 bits per heavy atom. The number of unbranched alkanes of at least 4 members (excludes halogenated alkanes) is 2. The Morgan fingerprint density at radius 3 is 2.76 bits per heavy atom. The highest BCUT2D eigenvalue weighted by molar-refractivity contribution is 9.18. The number of halogens is 1. The number of carbonyl (C=O) groups is 1. The van der Waals surface area contributed by atoms with Gasteiger partial charge in [0, 0.05) is 18.5 Å². The molecule has 2 aromatic heterocycles. The summed E-state index contributed by atoms with van der Waals surface area (Å²) in [6.45, 7) is 2.96. The zero-order chi connectivity index (χ0) is 20.4. The molecule has 0 aliphatic carbocycles. The number of carbonyl (C=O) groups excluding carboxylic acids is 1. The standard InChI is InChI=1S/C20H21BrN6O2/c1-2-3-7-10-26-17-14(11-15(21)23-17)19(29)27-16(24-25-20(26)27)12-22-18(28)13-8-5-4-6-9-13/h4-6,8-9H,2-3,7,10-12H2,1H3,(H,22,28). The summed E-state index contributed by atoms with van der Waals surface area (Å²) >= 11 is 3.42. The van der Waals surface area contributed by atoms with E-state index in [1.54, 1.807) is 24.3 Å². The van der Waals surface area contributed by atoms with Gasteiger partial charge in [-0.2, -0.15) is 0 Å². The monoisotopic (exact) mass is 456 g/mol. The Labute approximate surface area is 175 Å². The molecule has 1 aliphatic rings. The molecular formula is C20H21BrN6O2. The maximum absolute atomic E-state index is 13.1. The van der Waals surface area contributed by atoms with Gasteiger partial charge in [0.1, 0.15) is 5.82 Å². The number of fused-ring (bicyclic) bond motifs is 2. The molecule has 0 atom stereocenters. The zero-order valence-corrected chi connectivity index (χ0v) is 17.6. The predicted molar refractivity (Wildman–Crippen MR) is 114 cm³/mol. The van der Waals surface area contributed by atoms with Crippen molar-refractivity contribution in [3.8, 4) is 0 Å². The molecule has 1 N–H and O–H groups in total. The molecule has 0 bridgehead atoms. The van der Waals surface area contributed by atoms with Gasteiger partial charge in [-0.15, -0.1) is 10.2 Å². The molecule has 3 aromatic rings. The van der Waals surface area contributed by atoms with Gasteiger partial charge >= 0.3 is 0 Å². The van der Waals surface area contributed by atoms with Crippen LogP contribution in [0.25, 0.3) is 5.78 Å². The van der Waals surface area contributed by atoms with Crippen LogP contribution >= 0.6 is 15.9 Å². The van der Waals surface area contributed by atoms with E-state index in [1.165, 1.54) is 4.40 Å². The molecule has 4 rings (SSSR count). The second kappa shape index (κ2) is 8.28. The fraction of sp³-hybridized carbons (Fsp3) is 0.350. The Bertz CT molecular complexity index is 1150. The molecule has 1 aliphatic heterocycles. The lowest BCUT2D eigenvalue weighted by molar-refractivity contribution is 0.0949. The highest BCUT2D eigenvalue weighted by Crippen LogP contribution is 2.28. The number of benzene rings is 1. The summed E-state index contributed by atoms with van der Waals surface area (Å²) in [6, 6.07) is 8.93. The van der Waals surface area contributed by atoms with Crippen LogP contribution < -0.4 is 10.9 Å². The lowest BCUT2D eigenvalue weighted by Crippen LogP contribution is -2.28. The third kappa shape index (κ3) is 3.74. The minimum atomic E-state index is -0.224.